The first kappa shape index (κ1) is 18.8. The summed E-state index contributed by atoms with van der Waals surface area (Å²) in [4.78, 5) is 22.7. The molecule has 1 aromatic carbocycles. The lowest BCUT2D eigenvalue weighted by molar-refractivity contribution is -0.119. The lowest BCUT2D eigenvalue weighted by Gasteiger charge is -2.40. The number of aryl methyl sites for hydroxylation is 1. The zero-order valence-electron chi connectivity index (χ0n) is 17.8. The molecule has 5 heterocycles. The third kappa shape index (κ3) is 3.24. The molecule has 8 heteroatoms. The van der Waals surface area contributed by atoms with Crippen LogP contribution in [0.2, 0.25) is 0 Å². The number of carbonyl (C=O) groups is 1. The zero-order chi connectivity index (χ0) is 21.7. The Kier molecular flexibility index (Phi) is 4.31. The maximum absolute atomic E-state index is 12.7. The van der Waals surface area contributed by atoms with Crippen LogP contribution in [-0.4, -0.2) is 48.2 Å². The molecule has 1 aliphatic heterocycles. The van der Waals surface area contributed by atoms with Crippen molar-refractivity contribution in [1.82, 2.24) is 29.4 Å². The van der Waals surface area contributed by atoms with E-state index in [0.29, 0.717) is 18.8 Å². The summed E-state index contributed by atoms with van der Waals surface area (Å²) in [6, 6.07) is 10.2. The number of Topliss-reactive ketones (excluding diaryl/α,β-unsaturated/α-hetero) is 1. The van der Waals surface area contributed by atoms with E-state index in [1.807, 2.05) is 54.5 Å². The van der Waals surface area contributed by atoms with Gasteiger partial charge in [0.15, 0.2) is 5.82 Å². The highest BCUT2D eigenvalue weighted by Crippen LogP contribution is 2.31. The van der Waals surface area contributed by atoms with Gasteiger partial charge >= 0.3 is 0 Å². The number of hydrogen-bond donors (Lipinski definition) is 1. The summed E-state index contributed by atoms with van der Waals surface area (Å²) in [7, 11) is 1.91. The molecule has 8 nitrogen and oxygen atoms in total. The number of ketones is 1. The Morgan fingerprint density at radius 3 is 2.88 bits per heavy atom. The number of aromatic amines is 1. The van der Waals surface area contributed by atoms with Crippen molar-refractivity contribution in [2.75, 3.05) is 18.0 Å². The fourth-order valence-electron chi connectivity index (χ4n) is 4.64. The largest absolute Gasteiger partial charge is 0.361 e. The molecule has 0 aliphatic carbocycles. The van der Waals surface area contributed by atoms with Crippen molar-refractivity contribution in [2.24, 2.45) is 13.0 Å². The van der Waals surface area contributed by atoms with Crippen LogP contribution in [-0.2, 0) is 18.3 Å². The summed E-state index contributed by atoms with van der Waals surface area (Å²) in [5, 5.41) is 9.76. The maximum Gasteiger partial charge on any atom is 0.156 e. The van der Waals surface area contributed by atoms with Gasteiger partial charge in [-0.1, -0.05) is 18.2 Å². The van der Waals surface area contributed by atoms with Gasteiger partial charge in [0, 0.05) is 79.5 Å². The quantitative estimate of drug-likeness (QED) is 0.451. The molecule has 1 aliphatic rings. The first-order valence-corrected chi connectivity index (χ1v) is 10.8. The van der Waals surface area contributed by atoms with Crippen LogP contribution >= 0.6 is 0 Å². The van der Waals surface area contributed by atoms with E-state index in [0.717, 1.165) is 52.0 Å². The highest BCUT2D eigenvalue weighted by molar-refractivity contribution is 5.90. The van der Waals surface area contributed by atoms with Crippen LogP contribution in [0.25, 0.3) is 27.5 Å². The number of aromatic nitrogens is 6. The first-order valence-electron chi connectivity index (χ1n) is 10.8. The molecule has 1 saturated heterocycles. The Bertz CT molecular complexity index is 1440. The second kappa shape index (κ2) is 7.33. The Morgan fingerprint density at radius 1 is 1.16 bits per heavy atom. The number of nitrogens with one attached hydrogen (secondary N) is 1. The highest BCUT2D eigenvalue weighted by atomic mass is 16.1. The molecular weight excluding hydrogens is 402 g/mol. The minimum absolute atomic E-state index is 0.286. The number of H-pyrrole nitrogens is 1. The van der Waals surface area contributed by atoms with Crippen molar-refractivity contribution in [3.63, 3.8) is 0 Å². The Balaban J connectivity index is 1.13. The van der Waals surface area contributed by atoms with Gasteiger partial charge < -0.3 is 9.88 Å². The Morgan fingerprint density at radius 2 is 2.03 bits per heavy atom. The average molecular weight is 425 g/mol. The second-order valence-electron chi connectivity index (χ2n) is 8.59. The van der Waals surface area contributed by atoms with E-state index >= 15 is 0 Å². The summed E-state index contributed by atoms with van der Waals surface area (Å²) in [5.74, 6) is 1.56. The fourth-order valence-corrected chi connectivity index (χ4v) is 4.64. The minimum atomic E-state index is 0.286. The SMILES string of the molecule is Cn1cc(-c2cc3c(N4CC(CC(=O)Cc5c[nH]c6ccccc56)C4)ncnn3c2)cn1. The molecule has 1 fully saturated rings. The van der Waals surface area contributed by atoms with Gasteiger partial charge in [0.2, 0.25) is 0 Å². The van der Waals surface area contributed by atoms with Gasteiger partial charge in [-0.15, -0.1) is 0 Å². The van der Waals surface area contributed by atoms with Gasteiger partial charge in [0.05, 0.1) is 6.20 Å². The predicted octanol–water partition coefficient (Wildman–Crippen LogP) is 3.25. The fraction of sp³-hybridized carbons (Fsp3) is 0.250. The summed E-state index contributed by atoms with van der Waals surface area (Å²) < 4.78 is 3.65. The summed E-state index contributed by atoms with van der Waals surface area (Å²) in [5.41, 5.74) is 5.24. The zero-order valence-corrected chi connectivity index (χ0v) is 17.8. The van der Waals surface area contributed by atoms with Gasteiger partial charge in [-0.3, -0.25) is 9.48 Å². The molecule has 0 bridgehead atoms. The minimum Gasteiger partial charge on any atom is -0.361 e. The van der Waals surface area contributed by atoms with E-state index < -0.39 is 0 Å². The second-order valence-corrected chi connectivity index (χ2v) is 8.59. The molecule has 0 unspecified atom stereocenters. The van der Waals surface area contributed by atoms with E-state index in [2.05, 4.69) is 37.2 Å². The maximum atomic E-state index is 12.7. The third-order valence-electron chi connectivity index (χ3n) is 6.26. The molecule has 0 saturated carbocycles. The monoisotopic (exact) mass is 425 g/mol. The van der Waals surface area contributed by atoms with Crippen molar-refractivity contribution in [2.45, 2.75) is 12.8 Å². The normalized spacial score (nSPS) is 14.3. The van der Waals surface area contributed by atoms with Crippen molar-refractivity contribution in [3.8, 4) is 11.1 Å². The van der Waals surface area contributed by atoms with E-state index in [1.165, 1.54) is 0 Å². The van der Waals surface area contributed by atoms with E-state index in [1.54, 1.807) is 11.0 Å². The van der Waals surface area contributed by atoms with Gasteiger partial charge in [-0.2, -0.15) is 10.2 Å². The van der Waals surface area contributed by atoms with Gasteiger partial charge in [0.25, 0.3) is 0 Å². The van der Waals surface area contributed by atoms with Crippen LogP contribution in [0.4, 0.5) is 5.82 Å². The molecule has 4 aromatic heterocycles. The predicted molar refractivity (Wildman–Crippen MR) is 123 cm³/mol. The van der Waals surface area contributed by atoms with Gasteiger partial charge in [-0.05, 0) is 17.7 Å². The molecule has 1 N–H and O–H groups in total. The number of carbonyl (C=O) groups excluding carboxylic acids is 1. The molecule has 0 amide bonds. The van der Waals surface area contributed by atoms with Gasteiger partial charge in [0.1, 0.15) is 17.6 Å². The molecule has 32 heavy (non-hydrogen) atoms. The lowest BCUT2D eigenvalue weighted by Crippen LogP contribution is -2.48. The number of fused-ring (bicyclic) bond motifs is 2. The molecule has 0 atom stereocenters. The van der Waals surface area contributed by atoms with Crippen LogP contribution in [0.5, 0.6) is 0 Å². The molecule has 6 rings (SSSR count). The van der Waals surface area contributed by atoms with Gasteiger partial charge in [-0.25, -0.2) is 9.50 Å². The van der Waals surface area contributed by atoms with E-state index in [9.17, 15) is 4.79 Å². The average Bonchev–Trinajstić information content (AvgIpc) is 3.48. The Hall–Kier alpha value is -3.94. The van der Waals surface area contributed by atoms with Crippen molar-refractivity contribution in [3.05, 3.63) is 67.0 Å². The number of rotatable bonds is 6. The van der Waals surface area contributed by atoms with Crippen LogP contribution < -0.4 is 4.90 Å². The van der Waals surface area contributed by atoms with E-state index in [-0.39, 0.29) is 5.78 Å². The smallest absolute Gasteiger partial charge is 0.156 e. The number of anilines is 1. The highest BCUT2D eigenvalue weighted by Gasteiger charge is 2.31. The van der Waals surface area contributed by atoms with E-state index in [4.69, 9.17) is 0 Å². The topological polar surface area (TPSA) is 84.1 Å². The number of benzene rings is 1. The van der Waals surface area contributed by atoms with Crippen molar-refractivity contribution < 1.29 is 4.79 Å². The standard InChI is InChI=1S/C24H23N7O/c1-29-13-19(10-27-29)18-8-23-24(26-15-28-31(23)14-18)30-11-16(12-30)6-20(32)7-17-9-25-22-5-3-2-4-21(17)22/h2-5,8-10,13-16,25H,6-7,11-12H2,1H3. The molecular formula is C24H23N7O. The molecule has 5 aromatic rings. The number of para-hydroxylation sites is 1. The summed E-state index contributed by atoms with van der Waals surface area (Å²) in [6.07, 6.45) is 10.5. The van der Waals surface area contributed by atoms with Crippen LogP contribution in [0, 0.1) is 5.92 Å². The number of nitrogens with zero attached hydrogens (tertiary/aromatic N) is 6. The Labute approximate surface area is 184 Å². The van der Waals surface area contributed by atoms with Crippen molar-refractivity contribution >= 4 is 28.0 Å². The van der Waals surface area contributed by atoms with Crippen LogP contribution in [0.15, 0.2) is 61.4 Å². The summed E-state index contributed by atoms with van der Waals surface area (Å²) >= 11 is 0. The van der Waals surface area contributed by atoms with Crippen LogP contribution in [0.1, 0.15) is 12.0 Å². The third-order valence-corrected chi connectivity index (χ3v) is 6.26. The molecule has 0 spiro atoms. The molecule has 160 valence electrons. The number of hydrogen-bond acceptors (Lipinski definition) is 5. The van der Waals surface area contributed by atoms with Crippen LogP contribution in [0.3, 0.4) is 0 Å². The lowest BCUT2D eigenvalue weighted by atomic mass is 9.92. The first-order chi connectivity index (χ1) is 15.6. The molecule has 0 radical (unpaired) electrons. The van der Waals surface area contributed by atoms with Crippen molar-refractivity contribution in [1.29, 1.82) is 0 Å². The summed E-state index contributed by atoms with van der Waals surface area (Å²) in [6.45, 7) is 1.67.